The molecule has 16 heavy (non-hydrogen) atoms. The Balaban J connectivity index is 4.49. The summed E-state index contributed by atoms with van der Waals surface area (Å²) in [6.07, 6.45) is 8.27. The molecule has 0 heterocycles. The molecule has 0 spiro atoms. The average Bonchev–Trinajstić information content (AvgIpc) is 2.28. The summed E-state index contributed by atoms with van der Waals surface area (Å²) in [7, 11) is 1.88. The van der Waals surface area contributed by atoms with Gasteiger partial charge in [0.1, 0.15) is 0 Å². The van der Waals surface area contributed by atoms with E-state index in [0.717, 1.165) is 17.7 Å². The second-order valence-electron chi connectivity index (χ2n) is 3.54. The molecule has 0 aliphatic rings. The lowest BCUT2D eigenvalue weighted by molar-refractivity contribution is 0.929. The summed E-state index contributed by atoms with van der Waals surface area (Å²) in [5, 5.41) is 3.04. The quantitative estimate of drug-likeness (QED) is 0.398. The Bertz CT molecular complexity index is 290. The van der Waals surface area contributed by atoms with Gasteiger partial charge in [-0.1, -0.05) is 12.7 Å². The van der Waals surface area contributed by atoms with Crippen molar-refractivity contribution >= 4 is 18.5 Å². The van der Waals surface area contributed by atoms with E-state index in [1.807, 2.05) is 31.9 Å². The number of allylic oxidation sites excluding steroid dienone is 3. The topological polar surface area (TPSA) is 24.4 Å². The molecule has 0 atom stereocenters. The van der Waals surface area contributed by atoms with Gasteiger partial charge >= 0.3 is 0 Å². The van der Waals surface area contributed by atoms with Crippen LogP contribution in [0.2, 0.25) is 0 Å². The van der Waals surface area contributed by atoms with Crippen molar-refractivity contribution in [1.82, 2.24) is 5.32 Å². The van der Waals surface area contributed by atoms with Gasteiger partial charge in [-0.3, -0.25) is 4.99 Å². The lowest BCUT2D eigenvalue weighted by Gasteiger charge is -2.07. The van der Waals surface area contributed by atoms with Crippen molar-refractivity contribution in [1.29, 1.82) is 0 Å². The summed E-state index contributed by atoms with van der Waals surface area (Å²) in [6.45, 7) is 9.47. The van der Waals surface area contributed by atoms with Crippen LogP contribution in [0, 0.1) is 0 Å². The molecule has 0 unspecified atom stereocenters. The van der Waals surface area contributed by atoms with Gasteiger partial charge in [0.2, 0.25) is 0 Å². The molecule has 0 radical (unpaired) electrons. The van der Waals surface area contributed by atoms with Crippen LogP contribution in [-0.2, 0) is 0 Å². The Morgan fingerprint density at radius 2 is 2.19 bits per heavy atom. The van der Waals surface area contributed by atoms with Gasteiger partial charge in [0.25, 0.3) is 0 Å². The van der Waals surface area contributed by atoms with Gasteiger partial charge in [-0.05, 0) is 49.6 Å². The summed E-state index contributed by atoms with van der Waals surface area (Å²) < 4.78 is 0. The molecule has 0 aliphatic carbocycles. The molecule has 0 aromatic carbocycles. The largest absolute Gasteiger partial charge is 0.388 e. The molecule has 0 saturated heterocycles. The first kappa shape index (κ1) is 15.0. The monoisotopic (exact) mass is 238 g/mol. The fourth-order valence-electron chi connectivity index (χ4n) is 1.27. The zero-order valence-corrected chi connectivity index (χ0v) is 11.4. The standard InChI is InChI=1S/C13H22N2S/c1-11(12(2)15-4)9-13(10-14-3)7-6-8-16-5/h9-10,15H,2-3,6-8H2,1,4-5H3/b11-9-,13-10+. The minimum absolute atomic E-state index is 0.944. The molecule has 2 nitrogen and oxygen atoms in total. The maximum atomic E-state index is 3.93. The molecule has 3 heteroatoms. The van der Waals surface area contributed by atoms with Gasteiger partial charge in [0.05, 0.1) is 0 Å². The summed E-state index contributed by atoms with van der Waals surface area (Å²) in [6, 6.07) is 0. The second kappa shape index (κ2) is 9.28. The normalized spacial score (nSPS) is 12.4. The van der Waals surface area contributed by atoms with Crippen molar-refractivity contribution in [2.75, 3.05) is 19.1 Å². The maximum absolute atomic E-state index is 3.93. The van der Waals surface area contributed by atoms with E-state index in [4.69, 9.17) is 0 Å². The highest BCUT2D eigenvalue weighted by atomic mass is 32.2. The van der Waals surface area contributed by atoms with E-state index in [1.165, 1.54) is 17.7 Å². The van der Waals surface area contributed by atoms with Crippen molar-refractivity contribution in [2.24, 2.45) is 4.99 Å². The molecular formula is C13H22N2S. The van der Waals surface area contributed by atoms with Gasteiger partial charge in [-0.15, -0.1) is 0 Å². The lowest BCUT2D eigenvalue weighted by atomic mass is 10.1. The van der Waals surface area contributed by atoms with Gasteiger partial charge in [0.15, 0.2) is 0 Å². The molecule has 90 valence electrons. The molecule has 0 amide bonds. The SMILES string of the molecule is C=N/C=C(/C=C(/C)C(=C)NC)CCCSC. The van der Waals surface area contributed by atoms with E-state index in [1.54, 1.807) is 0 Å². The number of rotatable bonds is 8. The van der Waals surface area contributed by atoms with Crippen LogP contribution in [0.3, 0.4) is 0 Å². The van der Waals surface area contributed by atoms with E-state index >= 15 is 0 Å². The highest BCUT2D eigenvalue weighted by Crippen LogP contribution is 2.14. The van der Waals surface area contributed by atoms with Crippen LogP contribution in [0.15, 0.2) is 40.7 Å². The van der Waals surface area contributed by atoms with E-state index in [9.17, 15) is 0 Å². The van der Waals surface area contributed by atoms with E-state index in [2.05, 4.69) is 35.9 Å². The van der Waals surface area contributed by atoms with Gasteiger partial charge < -0.3 is 5.32 Å². The number of nitrogens with one attached hydrogen (secondary N) is 1. The smallest absolute Gasteiger partial charge is 0.0294 e. The Hall–Kier alpha value is -0.960. The van der Waals surface area contributed by atoms with Crippen molar-refractivity contribution in [3.8, 4) is 0 Å². The minimum Gasteiger partial charge on any atom is -0.388 e. The Kier molecular flexibility index (Phi) is 8.72. The number of thioether (sulfide) groups is 1. The van der Waals surface area contributed by atoms with E-state index < -0.39 is 0 Å². The average molecular weight is 238 g/mol. The lowest BCUT2D eigenvalue weighted by Crippen LogP contribution is -2.05. The van der Waals surface area contributed by atoms with Crippen LogP contribution < -0.4 is 5.32 Å². The molecule has 0 saturated carbocycles. The van der Waals surface area contributed by atoms with Crippen molar-refractivity contribution in [2.45, 2.75) is 19.8 Å². The minimum atomic E-state index is 0.944. The summed E-state index contributed by atoms with van der Waals surface area (Å²) in [5.41, 5.74) is 3.29. The van der Waals surface area contributed by atoms with Crippen LogP contribution in [0.1, 0.15) is 19.8 Å². The number of likely N-dealkylation sites (N-methyl/N-ethyl adjacent to an activating group) is 1. The Morgan fingerprint density at radius 1 is 1.50 bits per heavy atom. The van der Waals surface area contributed by atoms with Crippen molar-refractivity contribution < 1.29 is 0 Å². The van der Waals surface area contributed by atoms with E-state index in [0.29, 0.717) is 0 Å². The molecular weight excluding hydrogens is 216 g/mol. The molecule has 1 N–H and O–H groups in total. The first-order valence-corrected chi connectivity index (χ1v) is 6.74. The number of aliphatic imine (C=N–C) groups is 1. The van der Waals surface area contributed by atoms with Gasteiger partial charge in [0, 0.05) is 18.9 Å². The first-order valence-electron chi connectivity index (χ1n) is 5.34. The first-order chi connectivity index (χ1) is 7.65. The van der Waals surface area contributed by atoms with Crippen LogP contribution in [0.25, 0.3) is 0 Å². The number of hydrogen-bond acceptors (Lipinski definition) is 3. The van der Waals surface area contributed by atoms with Crippen LogP contribution >= 0.6 is 11.8 Å². The zero-order chi connectivity index (χ0) is 12.4. The molecule has 0 aromatic rings. The van der Waals surface area contributed by atoms with Crippen LogP contribution in [-0.4, -0.2) is 25.8 Å². The van der Waals surface area contributed by atoms with Crippen LogP contribution in [0.4, 0.5) is 0 Å². The highest BCUT2D eigenvalue weighted by molar-refractivity contribution is 7.98. The predicted molar refractivity (Wildman–Crippen MR) is 77.2 cm³/mol. The maximum Gasteiger partial charge on any atom is 0.0294 e. The molecule has 0 aromatic heterocycles. The zero-order valence-electron chi connectivity index (χ0n) is 10.5. The van der Waals surface area contributed by atoms with Crippen LogP contribution in [0.5, 0.6) is 0 Å². The third-order valence-corrected chi connectivity index (χ3v) is 2.95. The van der Waals surface area contributed by atoms with Gasteiger partial charge in [-0.25, -0.2) is 0 Å². The third kappa shape index (κ3) is 6.51. The summed E-state index contributed by atoms with van der Waals surface area (Å²) >= 11 is 1.87. The Morgan fingerprint density at radius 3 is 2.69 bits per heavy atom. The number of nitrogens with zero attached hydrogens (tertiary/aromatic N) is 1. The predicted octanol–water partition coefficient (Wildman–Crippen LogP) is 3.39. The molecule has 0 rings (SSSR count). The molecule has 0 aliphatic heterocycles. The summed E-state index contributed by atoms with van der Waals surface area (Å²) in [5.74, 6) is 1.17. The molecule has 0 bridgehead atoms. The van der Waals surface area contributed by atoms with Crippen molar-refractivity contribution in [3.63, 3.8) is 0 Å². The summed E-state index contributed by atoms with van der Waals surface area (Å²) in [4.78, 5) is 3.84. The van der Waals surface area contributed by atoms with Gasteiger partial charge in [-0.2, -0.15) is 11.8 Å². The Labute approximate surface area is 104 Å². The van der Waals surface area contributed by atoms with Crippen molar-refractivity contribution in [3.05, 3.63) is 35.7 Å². The third-order valence-electron chi connectivity index (χ3n) is 2.25. The fraction of sp³-hybridized carbons (Fsp3) is 0.462. The van der Waals surface area contributed by atoms with E-state index in [-0.39, 0.29) is 0 Å². The fourth-order valence-corrected chi connectivity index (χ4v) is 1.71. The molecule has 0 fully saturated rings. The number of hydrogen-bond donors (Lipinski definition) is 1. The highest BCUT2D eigenvalue weighted by Gasteiger charge is 1.98. The second-order valence-corrected chi connectivity index (χ2v) is 4.52.